The third-order valence-electron chi connectivity index (χ3n) is 6.51. The predicted octanol–water partition coefficient (Wildman–Crippen LogP) is 4.10. The zero-order valence-corrected chi connectivity index (χ0v) is 20.0. The maximum Gasteiger partial charge on any atom is 0.252 e. The molecule has 1 aliphatic rings. The van der Waals surface area contributed by atoms with Crippen molar-refractivity contribution < 1.29 is 9.59 Å². The summed E-state index contributed by atoms with van der Waals surface area (Å²) in [6.45, 7) is 11.1. The van der Waals surface area contributed by atoms with Gasteiger partial charge in [0.1, 0.15) is 0 Å². The van der Waals surface area contributed by atoms with Gasteiger partial charge in [-0.25, -0.2) is 0 Å². The monoisotopic (exact) mass is 438 g/mol. The number of benzene rings is 1. The zero-order valence-electron chi connectivity index (χ0n) is 20.0. The first kappa shape index (κ1) is 24.2. The van der Waals surface area contributed by atoms with Gasteiger partial charge in [-0.05, 0) is 70.7 Å². The Kier molecular flexibility index (Phi) is 8.62. The molecule has 0 spiro atoms. The van der Waals surface area contributed by atoms with Gasteiger partial charge in [-0.1, -0.05) is 32.0 Å². The van der Waals surface area contributed by atoms with Gasteiger partial charge in [0.2, 0.25) is 5.91 Å². The molecule has 1 aromatic heterocycles. The SMILES string of the molecule is CCN(CC)CC(=O)NCC1CCC(c2cc(C(=O)NC(C)C)c3ccccc3n2)CC1. The quantitative estimate of drug-likeness (QED) is 0.618. The highest BCUT2D eigenvalue weighted by molar-refractivity contribution is 6.06. The van der Waals surface area contributed by atoms with E-state index in [9.17, 15) is 9.59 Å². The lowest BCUT2D eigenvalue weighted by atomic mass is 9.80. The molecule has 0 unspecified atom stereocenters. The fraction of sp³-hybridized carbons (Fsp3) is 0.577. The summed E-state index contributed by atoms with van der Waals surface area (Å²) in [6.07, 6.45) is 4.21. The van der Waals surface area contributed by atoms with Crippen LogP contribution in [-0.2, 0) is 4.79 Å². The molecule has 0 radical (unpaired) electrons. The van der Waals surface area contributed by atoms with E-state index in [0.717, 1.165) is 61.9 Å². The van der Waals surface area contributed by atoms with Crippen molar-refractivity contribution in [3.8, 4) is 0 Å². The minimum Gasteiger partial charge on any atom is -0.355 e. The number of hydrogen-bond donors (Lipinski definition) is 2. The Bertz CT molecular complexity index is 915. The van der Waals surface area contributed by atoms with E-state index in [1.165, 1.54) is 0 Å². The van der Waals surface area contributed by atoms with Gasteiger partial charge in [-0.2, -0.15) is 0 Å². The molecule has 32 heavy (non-hydrogen) atoms. The number of carbonyl (C=O) groups is 2. The number of aromatic nitrogens is 1. The van der Waals surface area contributed by atoms with Crippen molar-refractivity contribution in [1.82, 2.24) is 20.5 Å². The van der Waals surface area contributed by atoms with Gasteiger partial charge in [-0.3, -0.25) is 19.5 Å². The Labute approximate surface area is 192 Å². The highest BCUT2D eigenvalue weighted by Gasteiger charge is 2.25. The normalized spacial score (nSPS) is 18.8. The maximum absolute atomic E-state index is 12.8. The van der Waals surface area contributed by atoms with Crippen molar-refractivity contribution in [3.05, 3.63) is 41.6 Å². The maximum atomic E-state index is 12.8. The first-order valence-corrected chi connectivity index (χ1v) is 12.1. The van der Waals surface area contributed by atoms with E-state index in [1.54, 1.807) is 0 Å². The molecule has 2 amide bonds. The topological polar surface area (TPSA) is 74.3 Å². The van der Waals surface area contributed by atoms with Crippen LogP contribution in [0, 0.1) is 5.92 Å². The highest BCUT2D eigenvalue weighted by Crippen LogP contribution is 2.36. The van der Waals surface area contributed by atoms with Gasteiger partial charge in [-0.15, -0.1) is 0 Å². The van der Waals surface area contributed by atoms with Crippen LogP contribution >= 0.6 is 0 Å². The van der Waals surface area contributed by atoms with Gasteiger partial charge in [0, 0.05) is 29.6 Å². The molecule has 0 saturated heterocycles. The molecule has 1 aliphatic carbocycles. The van der Waals surface area contributed by atoms with Crippen LogP contribution in [0.2, 0.25) is 0 Å². The molecule has 6 nitrogen and oxygen atoms in total. The zero-order chi connectivity index (χ0) is 23.1. The Hall–Kier alpha value is -2.47. The first-order chi connectivity index (χ1) is 15.4. The predicted molar refractivity (Wildman–Crippen MR) is 130 cm³/mol. The summed E-state index contributed by atoms with van der Waals surface area (Å²) in [5.41, 5.74) is 2.61. The Morgan fingerprint density at radius 2 is 1.78 bits per heavy atom. The second kappa shape index (κ2) is 11.4. The molecule has 2 aromatic rings. The summed E-state index contributed by atoms with van der Waals surface area (Å²) >= 11 is 0. The van der Waals surface area contributed by atoms with Gasteiger partial charge in [0.15, 0.2) is 0 Å². The molecular weight excluding hydrogens is 400 g/mol. The fourth-order valence-electron chi connectivity index (χ4n) is 4.56. The van der Waals surface area contributed by atoms with Crippen LogP contribution in [0.1, 0.15) is 75.3 Å². The average molecular weight is 439 g/mol. The van der Waals surface area contributed by atoms with E-state index in [2.05, 4.69) is 29.4 Å². The summed E-state index contributed by atoms with van der Waals surface area (Å²) in [6, 6.07) is 9.97. The van der Waals surface area contributed by atoms with E-state index in [1.807, 2.05) is 44.2 Å². The molecule has 174 valence electrons. The van der Waals surface area contributed by atoms with Crippen LogP contribution in [0.15, 0.2) is 30.3 Å². The number of nitrogens with one attached hydrogen (secondary N) is 2. The first-order valence-electron chi connectivity index (χ1n) is 12.1. The number of carbonyl (C=O) groups excluding carboxylic acids is 2. The number of pyridine rings is 1. The third-order valence-corrected chi connectivity index (χ3v) is 6.51. The summed E-state index contributed by atoms with van der Waals surface area (Å²) in [5, 5.41) is 7.05. The number of amides is 2. The highest BCUT2D eigenvalue weighted by atomic mass is 16.2. The molecule has 1 heterocycles. The lowest BCUT2D eigenvalue weighted by Gasteiger charge is -2.29. The summed E-state index contributed by atoms with van der Waals surface area (Å²) in [7, 11) is 0. The number of hydrogen-bond acceptors (Lipinski definition) is 4. The molecule has 3 rings (SSSR count). The van der Waals surface area contributed by atoms with E-state index >= 15 is 0 Å². The van der Waals surface area contributed by atoms with Crippen molar-refractivity contribution in [1.29, 1.82) is 0 Å². The van der Waals surface area contributed by atoms with E-state index in [-0.39, 0.29) is 17.9 Å². The number of fused-ring (bicyclic) bond motifs is 1. The molecular formula is C26H38N4O2. The standard InChI is InChI=1S/C26H38N4O2/c1-5-30(6-2)17-25(31)27-16-19-11-13-20(14-12-19)24-15-22(26(32)28-18(3)4)21-9-7-8-10-23(21)29-24/h7-10,15,18-20H,5-6,11-14,16-17H2,1-4H3,(H,27,31)(H,28,32). The van der Waals surface area contributed by atoms with E-state index in [4.69, 9.17) is 4.98 Å². The van der Waals surface area contributed by atoms with Crippen LogP contribution in [0.25, 0.3) is 10.9 Å². The molecule has 1 aromatic carbocycles. The van der Waals surface area contributed by atoms with Crippen molar-refractivity contribution >= 4 is 22.7 Å². The summed E-state index contributed by atoms with van der Waals surface area (Å²) < 4.78 is 0. The summed E-state index contributed by atoms with van der Waals surface area (Å²) in [5.74, 6) is 0.946. The van der Waals surface area contributed by atoms with E-state index in [0.29, 0.717) is 23.9 Å². The largest absolute Gasteiger partial charge is 0.355 e. The molecule has 1 saturated carbocycles. The molecule has 2 N–H and O–H groups in total. The number of likely N-dealkylation sites (N-methyl/N-ethyl adjacent to an activating group) is 1. The van der Waals surface area contributed by atoms with Crippen molar-refractivity contribution in [2.45, 2.75) is 65.3 Å². The van der Waals surface area contributed by atoms with Gasteiger partial charge >= 0.3 is 0 Å². The summed E-state index contributed by atoms with van der Waals surface area (Å²) in [4.78, 5) is 32.1. The second-order valence-electron chi connectivity index (χ2n) is 9.22. The Balaban J connectivity index is 1.63. The van der Waals surface area contributed by atoms with Gasteiger partial charge in [0.05, 0.1) is 17.6 Å². The van der Waals surface area contributed by atoms with Crippen LogP contribution in [-0.4, -0.2) is 53.9 Å². The molecule has 6 heteroatoms. The second-order valence-corrected chi connectivity index (χ2v) is 9.22. The number of nitrogens with zero attached hydrogens (tertiary/aromatic N) is 2. The molecule has 0 atom stereocenters. The Morgan fingerprint density at radius 1 is 1.09 bits per heavy atom. The molecule has 0 bridgehead atoms. The molecule has 1 fully saturated rings. The van der Waals surface area contributed by atoms with E-state index < -0.39 is 0 Å². The minimum atomic E-state index is -0.0375. The van der Waals surface area contributed by atoms with Crippen molar-refractivity contribution in [2.24, 2.45) is 5.92 Å². The number of rotatable bonds is 9. The minimum absolute atomic E-state index is 0.0375. The van der Waals surface area contributed by atoms with Crippen molar-refractivity contribution in [3.63, 3.8) is 0 Å². The van der Waals surface area contributed by atoms with Gasteiger partial charge in [0.25, 0.3) is 5.91 Å². The van der Waals surface area contributed by atoms with Crippen LogP contribution in [0.3, 0.4) is 0 Å². The fourth-order valence-corrected chi connectivity index (χ4v) is 4.56. The van der Waals surface area contributed by atoms with Crippen LogP contribution < -0.4 is 10.6 Å². The molecule has 0 aliphatic heterocycles. The third kappa shape index (κ3) is 6.28. The van der Waals surface area contributed by atoms with Crippen LogP contribution in [0.5, 0.6) is 0 Å². The Morgan fingerprint density at radius 3 is 2.44 bits per heavy atom. The number of para-hydroxylation sites is 1. The lowest BCUT2D eigenvalue weighted by Crippen LogP contribution is -2.39. The van der Waals surface area contributed by atoms with Crippen LogP contribution in [0.4, 0.5) is 0 Å². The lowest BCUT2D eigenvalue weighted by molar-refractivity contribution is -0.122. The smallest absolute Gasteiger partial charge is 0.252 e. The average Bonchev–Trinajstić information content (AvgIpc) is 2.80. The van der Waals surface area contributed by atoms with Crippen molar-refractivity contribution in [2.75, 3.05) is 26.2 Å². The van der Waals surface area contributed by atoms with Gasteiger partial charge < -0.3 is 10.6 Å².